The van der Waals surface area contributed by atoms with Crippen LogP contribution in [0.25, 0.3) is 11.5 Å². The van der Waals surface area contributed by atoms with Crippen LogP contribution in [-0.2, 0) is 0 Å². The van der Waals surface area contributed by atoms with Crippen LogP contribution in [0.2, 0.25) is 0 Å². The molecule has 1 aliphatic carbocycles. The van der Waals surface area contributed by atoms with E-state index in [1.807, 2.05) is 4.90 Å². The molecule has 8 nitrogen and oxygen atoms in total. The minimum Gasteiger partial charge on any atom is -0.425 e. The van der Waals surface area contributed by atoms with Gasteiger partial charge in [0.25, 0.3) is 0 Å². The number of urea groups is 1. The SMILES string of the molecule is O=C1N(c2cccc(-c3nncn3O)n2)CCN1C1CC(I)C1. The van der Waals surface area contributed by atoms with Gasteiger partial charge in [-0.1, -0.05) is 28.7 Å². The summed E-state index contributed by atoms with van der Waals surface area (Å²) in [5, 5.41) is 17.1. The lowest BCUT2D eigenvalue weighted by Crippen LogP contribution is -2.47. The Morgan fingerprint density at radius 3 is 2.78 bits per heavy atom. The first kappa shape index (κ1) is 14.7. The van der Waals surface area contributed by atoms with Crippen molar-refractivity contribution in [3.8, 4) is 11.5 Å². The van der Waals surface area contributed by atoms with Gasteiger partial charge in [-0.3, -0.25) is 4.90 Å². The maximum absolute atomic E-state index is 12.6. The molecule has 1 aliphatic heterocycles. The third-order valence-electron chi connectivity index (χ3n) is 4.31. The lowest BCUT2D eigenvalue weighted by atomic mass is 9.92. The van der Waals surface area contributed by atoms with Crippen LogP contribution in [0.4, 0.5) is 10.6 Å². The maximum Gasteiger partial charge on any atom is 0.326 e. The van der Waals surface area contributed by atoms with E-state index in [0.29, 0.717) is 28.0 Å². The van der Waals surface area contributed by atoms with Gasteiger partial charge in [0.15, 0.2) is 6.33 Å². The summed E-state index contributed by atoms with van der Waals surface area (Å²) in [6, 6.07) is 5.69. The lowest BCUT2D eigenvalue weighted by molar-refractivity contribution is 0.170. The van der Waals surface area contributed by atoms with Gasteiger partial charge in [0.2, 0.25) is 5.82 Å². The molecule has 2 aromatic rings. The van der Waals surface area contributed by atoms with Crippen LogP contribution in [0, 0.1) is 0 Å². The number of carbonyl (C=O) groups is 1. The van der Waals surface area contributed by atoms with E-state index >= 15 is 0 Å². The Morgan fingerprint density at radius 2 is 2.09 bits per heavy atom. The minimum atomic E-state index is 0.00779. The van der Waals surface area contributed by atoms with Gasteiger partial charge in [-0.2, -0.15) is 4.73 Å². The molecule has 2 fully saturated rings. The lowest BCUT2D eigenvalue weighted by Gasteiger charge is -2.38. The summed E-state index contributed by atoms with van der Waals surface area (Å²) >= 11 is 2.43. The molecule has 2 aromatic heterocycles. The second kappa shape index (κ2) is 5.62. The van der Waals surface area contributed by atoms with Crippen molar-refractivity contribution in [3.05, 3.63) is 24.5 Å². The third kappa shape index (κ3) is 2.52. The summed E-state index contributed by atoms with van der Waals surface area (Å²) in [6.45, 7) is 1.36. The number of rotatable bonds is 3. The van der Waals surface area contributed by atoms with E-state index in [9.17, 15) is 10.0 Å². The summed E-state index contributed by atoms with van der Waals surface area (Å²) in [4.78, 5) is 20.7. The summed E-state index contributed by atoms with van der Waals surface area (Å²) in [5.41, 5.74) is 0.477. The minimum absolute atomic E-state index is 0.00779. The fourth-order valence-corrected chi connectivity index (χ4v) is 4.15. The normalized spacial score (nSPS) is 24.1. The molecule has 3 heterocycles. The zero-order valence-corrected chi connectivity index (χ0v) is 14.4. The first-order valence-electron chi connectivity index (χ1n) is 7.42. The van der Waals surface area contributed by atoms with Crippen LogP contribution in [0.15, 0.2) is 24.5 Å². The molecule has 0 bridgehead atoms. The molecule has 23 heavy (non-hydrogen) atoms. The quantitative estimate of drug-likeness (QED) is 0.460. The molecule has 4 rings (SSSR count). The molecule has 1 N–H and O–H groups in total. The van der Waals surface area contributed by atoms with Crippen molar-refractivity contribution in [2.45, 2.75) is 22.8 Å². The molecule has 0 atom stereocenters. The van der Waals surface area contributed by atoms with Gasteiger partial charge in [-0.15, -0.1) is 10.2 Å². The average molecular weight is 426 g/mol. The van der Waals surface area contributed by atoms with Crippen molar-refractivity contribution in [3.63, 3.8) is 0 Å². The fraction of sp³-hybridized carbons (Fsp3) is 0.429. The van der Waals surface area contributed by atoms with Gasteiger partial charge >= 0.3 is 6.03 Å². The Kier molecular flexibility index (Phi) is 3.58. The molecular formula is C14H15IN6O2. The van der Waals surface area contributed by atoms with Gasteiger partial charge in [0.1, 0.15) is 11.5 Å². The van der Waals surface area contributed by atoms with E-state index in [2.05, 4.69) is 37.8 Å². The summed E-state index contributed by atoms with van der Waals surface area (Å²) in [6.07, 6.45) is 3.34. The summed E-state index contributed by atoms with van der Waals surface area (Å²) < 4.78 is 1.50. The van der Waals surface area contributed by atoms with E-state index < -0.39 is 0 Å². The maximum atomic E-state index is 12.6. The number of alkyl halides is 1. The average Bonchev–Trinajstić information content (AvgIpc) is 3.10. The second-order valence-corrected chi connectivity index (χ2v) is 7.49. The standard InChI is InChI=1S/C14H15IN6O2/c15-9-6-10(7-9)19-4-5-20(14(19)22)12-3-1-2-11(17-12)13-18-16-8-21(13)23/h1-3,8-10,23H,4-7H2. The Balaban J connectivity index is 1.57. The number of nitrogens with zero attached hydrogens (tertiary/aromatic N) is 6. The second-order valence-electron chi connectivity index (χ2n) is 5.73. The number of carbonyl (C=O) groups excluding carboxylic acids is 1. The Bertz CT molecular complexity index is 744. The molecule has 2 aliphatic rings. The summed E-state index contributed by atoms with van der Waals surface area (Å²) in [5.74, 6) is 0.824. The highest BCUT2D eigenvalue weighted by Gasteiger charge is 2.40. The number of amides is 2. The molecule has 0 spiro atoms. The molecular weight excluding hydrogens is 411 g/mol. The zero-order chi connectivity index (χ0) is 16.0. The molecule has 1 saturated carbocycles. The predicted molar refractivity (Wildman–Crippen MR) is 90.7 cm³/mol. The van der Waals surface area contributed by atoms with Crippen molar-refractivity contribution in [2.24, 2.45) is 0 Å². The molecule has 2 amide bonds. The third-order valence-corrected chi connectivity index (χ3v) is 5.33. The highest BCUT2D eigenvalue weighted by molar-refractivity contribution is 14.1. The molecule has 9 heteroatoms. The number of halogens is 1. The first-order chi connectivity index (χ1) is 11.1. The van der Waals surface area contributed by atoms with E-state index in [1.54, 1.807) is 23.1 Å². The zero-order valence-electron chi connectivity index (χ0n) is 12.2. The van der Waals surface area contributed by atoms with Crippen molar-refractivity contribution in [1.82, 2.24) is 24.8 Å². The first-order valence-corrected chi connectivity index (χ1v) is 8.67. The van der Waals surface area contributed by atoms with Gasteiger partial charge in [0, 0.05) is 23.1 Å². The van der Waals surface area contributed by atoms with Gasteiger partial charge in [-0.25, -0.2) is 9.78 Å². The largest absolute Gasteiger partial charge is 0.425 e. The Labute approximate surface area is 146 Å². The van der Waals surface area contributed by atoms with E-state index in [0.717, 1.165) is 24.1 Å². The molecule has 0 aromatic carbocycles. The van der Waals surface area contributed by atoms with Gasteiger partial charge in [0.05, 0.1) is 0 Å². The van der Waals surface area contributed by atoms with Crippen LogP contribution in [0.3, 0.4) is 0 Å². The van der Waals surface area contributed by atoms with Crippen molar-refractivity contribution < 1.29 is 10.0 Å². The topological polar surface area (TPSA) is 87.4 Å². The van der Waals surface area contributed by atoms with Gasteiger partial charge in [-0.05, 0) is 25.0 Å². The van der Waals surface area contributed by atoms with Crippen molar-refractivity contribution in [1.29, 1.82) is 0 Å². The Hall–Kier alpha value is -1.91. The number of aromatic nitrogens is 4. The van der Waals surface area contributed by atoms with Crippen LogP contribution in [0.1, 0.15) is 12.8 Å². The highest BCUT2D eigenvalue weighted by atomic mass is 127. The number of hydrogen-bond donors (Lipinski definition) is 1. The van der Waals surface area contributed by atoms with Crippen LogP contribution in [-0.4, -0.2) is 59.1 Å². The predicted octanol–water partition coefficient (Wildman–Crippen LogP) is 1.79. The molecule has 0 radical (unpaired) electrons. The monoisotopic (exact) mass is 426 g/mol. The molecule has 0 unspecified atom stereocenters. The van der Waals surface area contributed by atoms with E-state index in [4.69, 9.17) is 0 Å². The molecule has 1 saturated heterocycles. The van der Waals surface area contributed by atoms with E-state index in [1.165, 1.54) is 6.33 Å². The molecule has 120 valence electrons. The van der Waals surface area contributed by atoms with Crippen molar-refractivity contribution in [2.75, 3.05) is 18.0 Å². The van der Waals surface area contributed by atoms with Crippen LogP contribution >= 0.6 is 22.6 Å². The number of hydrogen-bond acceptors (Lipinski definition) is 5. The Morgan fingerprint density at radius 1 is 1.26 bits per heavy atom. The number of pyridine rings is 1. The highest BCUT2D eigenvalue weighted by Crippen LogP contribution is 2.34. The van der Waals surface area contributed by atoms with Crippen LogP contribution < -0.4 is 4.90 Å². The fourth-order valence-electron chi connectivity index (χ4n) is 2.98. The smallest absolute Gasteiger partial charge is 0.326 e. The van der Waals surface area contributed by atoms with E-state index in [-0.39, 0.29) is 11.9 Å². The van der Waals surface area contributed by atoms with Crippen molar-refractivity contribution >= 4 is 34.4 Å². The van der Waals surface area contributed by atoms with Crippen LogP contribution in [0.5, 0.6) is 0 Å². The summed E-state index contributed by atoms with van der Waals surface area (Å²) in [7, 11) is 0. The van der Waals surface area contributed by atoms with Gasteiger partial charge < -0.3 is 10.1 Å². The number of anilines is 1.